The van der Waals surface area contributed by atoms with E-state index < -0.39 is 137 Å². The van der Waals surface area contributed by atoms with E-state index in [-0.39, 0.29) is 18.3 Å². The Bertz CT molecular complexity index is 1620. The number of ether oxygens (including phenoxy) is 4. The number of aliphatic hydroxyl groups excluding tert-OH is 10. The van der Waals surface area contributed by atoms with Crippen molar-refractivity contribution in [2.45, 2.75) is 173 Å². The summed E-state index contributed by atoms with van der Waals surface area (Å²) in [6, 6.07) is 0. The lowest BCUT2D eigenvalue weighted by molar-refractivity contribution is -0.301. The van der Waals surface area contributed by atoms with Crippen molar-refractivity contribution in [3.63, 3.8) is 0 Å². The molecule has 0 spiro atoms. The average molecular weight is 827 g/mol. The van der Waals surface area contributed by atoms with Crippen molar-refractivity contribution in [1.82, 2.24) is 0 Å². The van der Waals surface area contributed by atoms with Gasteiger partial charge in [0.1, 0.15) is 48.8 Å². The lowest BCUT2D eigenvalue weighted by Gasteiger charge is -2.71. The fourth-order valence-corrected chi connectivity index (χ4v) is 13.3. The zero-order valence-electron chi connectivity index (χ0n) is 34.4. The molecular weight excluding hydrogens is 760 g/mol. The molecular formula is C42H66O16. The summed E-state index contributed by atoms with van der Waals surface area (Å²) in [5, 5.41) is 106. The topological polar surface area (TPSA) is 273 Å². The molecule has 58 heavy (non-hydrogen) atoms. The first-order valence-corrected chi connectivity index (χ1v) is 21.1. The molecule has 0 aromatic rings. The standard InChI is InChI=1S/C42H66O16/c1-37(2)13-15-42(36(54)58-34-31(51)29(49)27(47)21(18-44)56-34)16-14-39(4)19(25(42)32(37)52)7-8-22-38(3)11-10-24(45)41(6,23(38)9-12-40(22,39)5)35(53)57-33-30(50)28(48)26(46)20(17-43)55-33/h7,20-34,43-52H,8-18H2,1-6H3. The maximum absolute atomic E-state index is 14.6. The summed E-state index contributed by atoms with van der Waals surface area (Å²) in [5.41, 5.74) is -3.70. The number of esters is 2. The predicted octanol–water partition coefficient (Wildman–Crippen LogP) is -0.214. The molecule has 6 fully saturated rings. The quantitative estimate of drug-likeness (QED) is 0.123. The van der Waals surface area contributed by atoms with Crippen LogP contribution < -0.4 is 0 Å². The minimum atomic E-state index is -1.79. The van der Waals surface area contributed by atoms with E-state index in [0.717, 1.165) is 5.57 Å². The first kappa shape index (κ1) is 44.3. The van der Waals surface area contributed by atoms with E-state index in [1.165, 1.54) is 0 Å². The van der Waals surface area contributed by atoms with Crippen LogP contribution in [-0.2, 0) is 28.5 Å². The van der Waals surface area contributed by atoms with Crippen molar-refractivity contribution < 1.29 is 79.6 Å². The minimum Gasteiger partial charge on any atom is -0.432 e. The summed E-state index contributed by atoms with van der Waals surface area (Å²) in [4.78, 5) is 28.9. The monoisotopic (exact) mass is 826 g/mol. The van der Waals surface area contributed by atoms with E-state index >= 15 is 0 Å². The Kier molecular flexibility index (Phi) is 11.4. The van der Waals surface area contributed by atoms with Gasteiger partial charge in [-0.1, -0.05) is 46.3 Å². The molecule has 4 saturated carbocycles. The van der Waals surface area contributed by atoms with Crippen molar-refractivity contribution in [2.24, 2.45) is 50.2 Å². The molecule has 0 aromatic heterocycles. The van der Waals surface area contributed by atoms with Gasteiger partial charge in [-0.3, -0.25) is 9.59 Å². The van der Waals surface area contributed by atoms with Crippen LogP contribution in [0.1, 0.15) is 99.3 Å². The summed E-state index contributed by atoms with van der Waals surface area (Å²) in [6.45, 7) is 10.9. The highest BCUT2D eigenvalue weighted by atomic mass is 16.7. The molecule has 2 aliphatic heterocycles. The van der Waals surface area contributed by atoms with Gasteiger partial charge in [-0.05, 0) is 98.2 Å². The van der Waals surface area contributed by atoms with Crippen LogP contribution in [0.2, 0.25) is 0 Å². The average Bonchev–Trinajstić information content (AvgIpc) is 3.18. The second-order valence-electron chi connectivity index (χ2n) is 20.4. The van der Waals surface area contributed by atoms with Crippen LogP contribution in [0, 0.1) is 50.2 Å². The lowest BCUT2D eigenvalue weighted by atomic mass is 9.33. The molecule has 0 amide bonds. The number of carbonyl (C=O) groups excluding carboxylic acids is 2. The number of hydrogen-bond donors (Lipinski definition) is 10. The molecule has 16 heteroatoms. The molecule has 0 radical (unpaired) electrons. The highest BCUT2D eigenvalue weighted by Gasteiger charge is 2.72. The molecule has 7 aliphatic rings. The number of fused-ring (bicyclic) bond motifs is 7. The normalized spacial score (nSPS) is 53.8. The Morgan fingerprint density at radius 1 is 0.655 bits per heavy atom. The van der Waals surface area contributed by atoms with E-state index in [2.05, 4.69) is 26.8 Å². The number of carbonyl (C=O) groups is 2. The van der Waals surface area contributed by atoms with Gasteiger partial charge in [0.15, 0.2) is 0 Å². The third-order valence-corrected chi connectivity index (χ3v) is 17.5. The molecule has 2 saturated heterocycles. The van der Waals surface area contributed by atoms with Crippen LogP contribution in [0.4, 0.5) is 0 Å². The molecule has 20 unspecified atom stereocenters. The Morgan fingerprint density at radius 2 is 1.19 bits per heavy atom. The zero-order chi connectivity index (χ0) is 42.7. The van der Waals surface area contributed by atoms with E-state index in [9.17, 15) is 60.7 Å². The maximum atomic E-state index is 14.6. The van der Waals surface area contributed by atoms with Gasteiger partial charge < -0.3 is 70.0 Å². The third-order valence-electron chi connectivity index (χ3n) is 17.5. The summed E-state index contributed by atoms with van der Waals surface area (Å²) < 4.78 is 22.7. The molecule has 0 aromatic carbocycles. The Morgan fingerprint density at radius 3 is 1.74 bits per heavy atom. The molecule has 7 rings (SSSR count). The van der Waals surface area contributed by atoms with Crippen LogP contribution in [0.3, 0.4) is 0 Å². The van der Waals surface area contributed by atoms with Gasteiger partial charge in [0, 0.05) is 5.92 Å². The Labute approximate surface area is 339 Å². The number of aliphatic hydroxyl groups is 10. The molecule has 2 heterocycles. The summed E-state index contributed by atoms with van der Waals surface area (Å²) >= 11 is 0. The predicted molar refractivity (Wildman–Crippen MR) is 200 cm³/mol. The summed E-state index contributed by atoms with van der Waals surface area (Å²) in [6.07, 6.45) is -11.6. The van der Waals surface area contributed by atoms with Crippen LogP contribution in [0.25, 0.3) is 0 Å². The second-order valence-corrected chi connectivity index (χ2v) is 20.4. The van der Waals surface area contributed by atoms with E-state index in [4.69, 9.17) is 18.9 Å². The lowest BCUT2D eigenvalue weighted by Crippen LogP contribution is -2.68. The van der Waals surface area contributed by atoms with Gasteiger partial charge >= 0.3 is 11.9 Å². The number of hydrogen-bond acceptors (Lipinski definition) is 16. The van der Waals surface area contributed by atoms with Crippen molar-refractivity contribution >= 4 is 11.9 Å². The molecule has 330 valence electrons. The Hall–Kier alpha value is -1.80. The number of rotatable bonds is 6. The largest absolute Gasteiger partial charge is 0.432 e. The molecule has 0 bridgehead atoms. The van der Waals surface area contributed by atoms with Crippen molar-refractivity contribution in [1.29, 1.82) is 0 Å². The highest BCUT2D eigenvalue weighted by molar-refractivity contribution is 5.79. The molecule has 10 N–H and O–H groups in total. The first-order chi connectivity index (χ1) is 27.0. The van der Waals surface area contributed by atoms with Crippen molar-refractivity contribution in [3.8, 4) is 0 Å². The summed E-state index contributed by atoms with van der Waals surface area (Å²) in [5.74, 6) is -2.55. The van der Waals surface area contributed by atoms with E-state index in [1.807, 2.05) is 13.8 Å². The smallest absolute Gasteiger partial charge is 0.317 e. The van der Waals surface area contributed by atoms with Gasteiger partial charge in [0.25, 0.3) is 0 Å². The first-order valence-electron chi connectivity index (χ1n) is 21.1. The van der Waals surface area contributed by atoms with Crippen LogP contribution >= 0.6 is 0 Å². The van der Waals surface area contributed by atoms with Gasteiger partial charge in [0.05, 0.1) is 36.3 Å². The molecule has 16 nitrogen and oxygen atoms in total. The summed E-state index contributed by atoms with van der Waals surface area (Å²) in [7, 11) is 0. The van der Waals surface area contributed by atoms with Crippen molar-refractivity contribution in [2.75, 3.05) is 13.2 Å². The van der Waals surface area contributed by atoms with E-state index in [0.29, 0.717) is 51.4 Å². The SMILES string of the molecule is CC1(C)CCC2(C(=O)OC3OC(CO)C(O)C(O)C3O)CCC3(C)C(=CCC4C5(C)CCC(O)C(C)(C(=O)OC6OC(CO)C(O)C(O)C6O)C5CCC43C)C2C1O. The Balaban J connectivity index is 1.20. The zero-order valence-corrected chi connectivity index (χ0v) is 34.4. The highest BCUT2D eigenvalue weighted by Crippen LogP contribution is 2.76. The maximum Gasteiger partial charge on any atom is 0.317 e. The van der Waals surface area contributed by atoms with Gasteiger partial charge in [-0.2, -0.15) is 0 Å². The minimum absolute atomic E-state index is 0.0123. The van der Waals surface area contributed by atoms with Gasteiger partial charge in [-0.15, -0.1) is 0 Å². The molecule has 5 aliphatic carbocycles. The van der Waals surface area contributed by atoms with Gasteiger partial charge in [-0.25, -0.2) is 0 Å². The van der Waals surface area contributed by atoms with Gasteiger partial charge in [0.2, 0.25) is 12.6 Å². The third kappa shape index (κ3) is 6.13. The van der Waals surface area contributed by atoms with Crippen LogP contribution in [-0.4, -0.2) is 150 Å². The van der Waals surface area contributed by atoms with Crippen LogP contribution in [0.5, 0.6) is 0 Å². The fourth-order valence-electron chi connectivity index (χ4n) is 13.3. The van der Waals surface area contributed by atoms with Crippen LogP contribution in [0.15, 0.2) is 11.6 Å². The number of allylic oxidation sites excluding steroid dienone is 1. The van der Waals surface area contributed by atoms with Crippen molar-refractivity contribution in [3.05, 3.63) is 11.6 Å². The fraction of sp³-hybridized carbons (Fsp3) is 0.905. The second kappa shape index (κ2) is 14.9. The van der Waals surface area contributed by atoms with E-state index in [1.54, 1.807) is 6.92 Å². The molecule has 20 atom stereocenters.